The molecule has 4 rings (SSSR count). The van der Waals surface area contributed by atoms with Gasteiger partial charge in [0.1, 0.15) is 5.00 Å². The molecule has 1 aromatic carbocycles. The number of ether oxygens (including phenoxy) is 4. The minimum Gasteiger partial charge on any atom is -0.619 e. The SMILES string of the molecule is CCOC(=O)c1c(NC(=O)COC(=O)c2cc[n+]([O-])cc2)sc(Cc2ccc3c(c2)OCO3)c1C. The highest BCUT2D eigenvalue weighted by atomic mass is 32.1. The summed E-state index contributed by atoms with van der Waals surface area (Å²) in [5.41, 5.74) is 2.03. The number of fused-ring (bicyclic) bond motifs is 1. The monoisotopic (exact) mass is 498 g/mol. The molecule has 182 valence electrons. The van der Waals surface area contributed by atoms with Crippen molar-refractivity contribution in [3.63, 3.8) is 0 Å². The molecule has 1 amide bonds. The molecule has 1 aliphatic rings. The van der Waals surface area contributed by atoms with Gasteiger partial charge in [-0.05, 0) is 37.1 Å². The highest BCUT2D eigenvalue weighted by molar-refractivity contribution is 7.17. The summed E-state index contributed by atoms with van der Waals surface area (Å²) in [5, 5.41) is 14.1. The predicted octanol–water partition coefficient (Wildman–Crippen LogP) is 2.98. The highest BCUT2D eigenvalue weighted by Crippen LogP contribution is 2.37. The zero-order valence-corrected chi connectivity index (χ0v) is 19.8. The molecule has 10 nitrogen and oxygen atoms in total. The average molecular weight is 499 g/mol. The smallest absolute Gasteiger partial charge is 0.341 e. The molecule has 1 aliphatic heterocycles. The number of anilines is 1. The van der Waals surface area contributed by atoms with Crippen molar-refractivity contribution in [2.45, 2.75) is 20.3 Å². The van der Waals surface area contributed by atoms with Crippen molar-refractivity contribution in [2.24, 2.45) is 0 Å². The van der Waals surface area contributed by atoms with Crippen LogP contribution in [0.4, 0.5) is 5.00 Å². The minimum atomic E-state index is -0.753. The Morgan fingerprint density at radius 3 is 2.57 bits per heavy atom. The van der Waals surface area contributed by atoms with E-state index in [0.29, 0.717) is 33.2 Å². The molecule has 0 fully saturated rings. The normalized spacial score (nSPS) is 11.7. The van der Waals surface area contributed by atoms with E-state index in [4.69, 9.17) is 18.9 Å². The van der Waals surface area contributed by atoms with Crippen molar-refractivity contribution in [1.29, 1.82) is 0 Å². The number of aromatic nitrogens is 1. The molecule has 0 atom stereocenters. The molecule has 0 radical (unpaired) electrons. The first-order chi connectivity index (χ1) is 16.9. The van der Waals surface area contributed by atoms with E-state index < -0.39 is 24.5 Å². The number of benzene rings is 1. The molecular formula is C24H22N2O8S. The Balaban J connectivity index is 1.49. The van der Waals surface area contributed by atoms with Gasteiger partial charge in [0.15, 0.2) is 30.5 Å². The van der Waals surface area contributed by atoms with Gasteiger partial charge in [-0.3, -0.25) is 4.79 Å². The van der Waals surface area contributed by atoms with Gasteiger partial charge in [-0.25, -0.2) is 9.59 Å². The second-order valence-electron chi connectivity index (χ2n) is 7.51. The number of esters is 2. The van der Waals surface area contributed by atoms with Crippen LogP contribution in [0.25, 0.3) is 0 Å². The Hall–Kier alpha value is -4.12. The summed E-state index contributed by atoms with van der Waals surface area (Å²) in [6, 6.07) is 8.19. The van der Waals surface area contributed by atoms with Crippen LogP contribution in [0.3, 0.4) is 0 Å². The topological polar surface area (TPSA) is 127 Å². The van der Waals surface area contributed by atoms with E-state index >= 15 is 0 Å². The van der Waals surface area contributed by atoms with Crippen LogP contribution < -0.4 is 19.5 Å². The number of amides is 1. The molecule has 1 N–H and O–H groups in total. The van der Waals surface area contributed by atoms with Crippen molar-refractivity contribution in [3.05, 3.63) is 75.1 Å². The standard InChI is InChI=1S/C24H22N2O8S/c1-3-31-24(29)21-14(2)19(11-15-4-5-17-18(10-15)34-13-33-17)35-22(21)25-20(27)12-32-23(28)16-6-8-26(30)9-7-16/h4-10H,3,11-13H2,1-2H3,(H,25,27). The largest absolute Gasteiger partial charge is 0.619 e. The van der Waals surface area contributed by atoms with Crippen LogP contribution in [0.15, 0.2) is 42.7 Å². The number of carbonyl (C=O) groups excluding carboxylic acids is 3. The number of nitrogens with one attached hydrogen (secondary N) is 1. The van der Waals surface area contributed by atoms with Crippen LogP contribution in [-0.4, -0.2) is 37.9 Å². The molecule has 2 aromatic heterocycles. The molecule has 0 unspecified atom stereocenters. The van der Waals surface area contributed by atoms with Crippen molar-refractivity contribution < 1.29 is 38.1 Å². The first kappa shape index (κ1) is 24.0. The number of nitrogens with zero attached hydrogens (tertiary/aromatic N) is 1. The summed E-state index contributed by atoms with van der Waals surface area (Å²) < 4.78 is 21.5. The fraction of sp³-hybridized carbons (Fsp3) is 0.250. The molecule has 3 heterocycles. The van der Waals surface area contributed by atoms with E-state index in [9.17, 15) is 19.6 Å². The predicted molar refractivity (Wildman–Crippen MR) is 125 cm³/mol. The van der Waals surface area contributed by atoms with E-state index in [2.05, 4.69) is 5.32 Å². The molecule has 35 heavy (non-hydrogen) atoms. The van der Waals surface area contributed by atoms with E-state index in [1.165, 1.54) is 23.5 Å². The molecule has 3 aromatic rings. The van der Waals surface area contributed by atoms with E-state index in [-0.39, 0.29) is 24.5 Å². The van der Waals surface area contributed by atoms with Gasteiger partial charge < -0.3 is 29.5 Å². The maximum absolute atomic E-state index is 12.6. The van der Waals surface area contributed by atoms with Crippen molar-refractivity contribution in [3.8, 4) is 11.5 Å². The molecule has 0 spiro atoms. The van der Waals surface area contributed by atoms with Gasteiger partial charge in [-0.2, -0.15) is 4.73 Å². The maximum atomic E-state index is 12.6. The minimum absolute atomic E-state index is 0.134. The Morgan fingerprint density at radius 2 is 1.83 bits per heavy atom. The van der Waals surface area contributed by atoms with E-state index in [1.807, 2.05) is 18.2 Å². The Kier molecular flexibility index (Phi) is 7.16. The number of carbonyl (C=O) groups is 3. The van der Waals surface area contributed by atoms with Crippen LogP contribution >= 0.6 is 11.3 Å². The molecule has 11 heteroatoms. The van der Waals surface area contributed by atoms with Crippen LogP contribution in [0.5, 0.6) is 11.5 Å². The lowest BCUT2D eigenvalue weighted by Gasteiger charge is -2.08. The lowest BCUT2D eigenvalue weighted by atomic mass is 10.1. The number of hydrogen-bond donors (Lipinski definition) is 1. The van der Waals surface area contributed by atoms with Crippen molar-refractivity contribution >= 4 is 34.2 Å². The summed E-state index contributed by atoms with van der Waals surface area (Å²) in [6.45, 7) is 3.27. The van der Waals surface area contributed by atoms with Gasteiger partial charge in [0.05, 0.1) is 17.7 Å². The first-order valence-corrected chi connectivity index (χ1v) is 11.5. The van der Waals surface area contributed by atoms with Crippen LogP contribution in [0.2, 0.25) is 0 Å². The van der Waals surface area contributed by atoms with E-state index in [1.54, 1.807) is 13.8 Å². The van der Waals surface area contributed by atoms with Crippen LogP contribution in [-0.2, 0) is 20.7 Å². The maximum Gasteiger partial charge on any atom is 0.341 e. The zero-order chi connectivity index (χ0) is 24.9. The fourth-order valence-electron chi connectivity index (χ4n) is 3.43. The average Bonchev–Trinajstić information content (AvgIpc) is 3.42. The number of hydrogen-bond acceptors (Lipinski definition) is 9. The van der Waals surface area contributed by atoms with Gasteiger partial charge in [0, 0.05) is 23.4 Å². The second kappa shape index (κ2) is 10.4. The second-order valence-corrected chi connectivity index (χ2v) is 8.62. The first-order valence-electron chi connectivity index (χ1n) is 10.7. The van der Waals surface area contributed by atoms with Gasteiger partial charge in [0.2, 0.25) is 6.79 Å². The van der Waals surface area contributed by atoms with Gasteiger partial charge >= 0.3 is 11.9 Å². The van der Waals surface area contributed by atoms with Crippen molar-refractivity contribution in [2.75, 3.05) is 25.3 Å². The number of thiophene rings is 1. The van der Waals surface area contributed by atoms with Crippen LogP contribution in [0, 0.1) is 12.1 Å². The molecule has 0 saturated heterocycles. The molecular weight excluding hydrogens is 476 g/mol. The number of rotatable bonds is 8. The lowest BCUT2D eigenvalue weighted by Crippen LogP contribution is -2.25. The highest BCUT2D eigenvalue weighted by Gasteiger charge is 2.25. The van der Waals surface area contributed by atoms with Gasteiger partial charge in [-0.15, -0.1) is 11.3 Å². The third-order valence-electron chi connectivity index (χ3n) is 5.15. The van der Waals surface area contributed by atoms with E-state index in [0.717, 1.165) is 22.8 Å². The van der Waals surface area contributed by atoms with Gasteiger partial charge in [0.25, 0.3) is 5.91 Å². The van der Waals surface area contributed by atoms with Crippen LogP contribution in [0.1, 0.15) is 43.6 Å². The molecule has 0 aliphatic carbocycles. The quantitative estimate of drug-likeness (QED) is 0.285. The van der Waals surface area contributed by atoms with Crippen molar-refractivity contribution in [1.82, 2.24) is 0 Å². The summed E-state index contributed by atoms with van der Waals surface area (Å²) >= 11 is 1.25. The Labute approximate surface area is 204 Å². The molecule has 0 bridgehead atoms. The summed E-state index contributed by atoms with van der Waals surface area (Å²) in [6.07, 6.45) is 2.80. The number of pyridine rings is 1. The molecule has 0 saturated carbocycles. The Bertz CT molecular complexity index is 1270. The summed E-state index contributed by atoms with van der Waals surface area (Å²) in [5.74, 6) is -0.595. The summed E-state index contributed by atoms with van der Waals surface area (Å²) in [4.78, 5) is 38.1. The summed E-state index contributed by atoms with van der Waals surface area (Å²) in [7, 11) is 0. The Morgan fingerprint density at radius 1 is 1.09 bits per heavy atom. The lowest BCUT2D eigenvalue weighted by molar-refractivity contribution is -0.605. The third kappa shape index (κ3) is 5.52. The van der Waals surface area contributed by atoms with Gasteiger partial charge in [-0.1, -0.05) is 6.07 Å². The third-order valence-corrected chi connectivity index (χ3v) is 6.36. The zero-order valence-electron chi connectivity index (χ0n) is 19.0. The fourth-order valence-corrected chi connectivity index (χ4v) is 4.67.